The number of H-pyrrole nitrogens is 1. The Labute approximate surface area is 161 Å². The fourth-order valence-corrected chi connectivity index (χ4v) is 3.06. The fraction of sp³-hybridized carbons (Fsp3) is 0.136. The number of hydrogen-bond acceptors (Lipinski definition) is 4. The zero-order valence-electron chi connectivity index (χ0n) is 15.4. The first kappa shape index (κ1) is 17.9. The van der Waals surface area contributed by atoms with E-state index in [1.54, 1.807) is 12.1 Å². The van der Waals surface area contributed by atoms with Crippen molar-refractivity contribution >= 4 is 17.0 Å². The fourth-order valence-electron chi connectivity index (χ4n) is 3.06. The van der Waals surface area contributed by atoms with Crippen molar-refractivity contribution in [3.63, 3.8) is 0 Å². The van der Waals surface area contributed by atoms with Crippen LogP contribution in [0.1, 0.15) is 16.8 Å². The van der Waals surface area contributed by atoms with Crippen LogP contribution in [-0.4, -0.2) is 22.0 Å². The molecule has 0 spiro atoms. The molecule has 2 aromatic carbocycles. The first-order valence-electron chi connectivity index (χ1n) is 8.98. The third-order valence-corrected chi connectivity index (χ3v) is 4.55. The first-order valence-corrected chi connectivity index (χ1v) is 8.98. The highest BCUT2D eigenvalue weighted by molar-refractivity contribution is 5.72. The predicted molar refractivity (Wildman–Crippen MR) is 108 cm³/mol. The van der Waals surface area contributed by atoms with Crippen molar-refractivity contribution in [1.29, 1.82) is 0 Å². The number of nitrogens with one attached hydrogen (secondary N) is 1. The van der Waals surface area contributed by atoms with Crippen LogP contribution in [0.2, 0.25) is 0 Å². The lowest BCUT2D eigenvalue weighted by atomic mass is 10.1. The molecule has 4 rings (SSSR count). The van der Waals surface area contributed by atoms with Gasteiger partial charge in [-0.05, 0) is 35.4 Å². The summed E-state index contributed by atoms with van der Waals surface area (Å²) in [5.74, 6) is 0.459. The molecule has 0 fully saturated rings. The maximum absolute atomic E-state index is 13.1. The SMILES string of the molecule is CN(Cc1ccccc1)c1ccc2[nH]c(=O)c(Cc3ccc(F)cc3)nc2n1. The number of anilines is 1. The van der Waals surface area contributed by atoms with Crippen LogP contribution in [-0.2, 0) is 13.0 Å². The zero-order valence-corrected chi connectivity index (χ0v) is 15.4. The van der Waals surface area contributed by atoms with Crippen LogP contribution < -0.4 is 10.5 Å². The standard InChI is InChI=1S/C22H19FN4O/c1-27(14-16-5-3-2-4-6-16)20-12-11-18-21(26-20)24-19(22(28)25-18)13-15-7-9-17(23)10-8-15/h2-12H,13-14H2,1H3,(H,25,28). The van der Waals surface area contributed by atoms with E-state index in [0.29, 0.717) is 29.8 Å². The molecule has 0 radical (unpaired) electrons. The van der Waals surface area contributed by atoms with Crippen molar-refractivity contribution in [2.24, 2.45) is 0 Å². The number of aromatic amines is 1. The third kappa shape index (κ3) is 3.91. The topological polar surface area (TPSA) is 61.9 Å². The van der Waals surface area contributed by atoms with E-state index in [1.807, 2.05) is 42.3 Å². The van der Waals surface area contributed by atoms with Gasteiger partial charge < -0.3 is 9.88 Å². The molecule has 0 saturated carbocycles. The molecule has 1 N–H and O–H groups in total. The van der Waals surface area contributed by atoms with E-state index < -0.39 is 0 Å². The number of hydrogen-bond donors (Lipinski definition) is 1. The number of rotatable bonds is 5. The van der Waals surface area contributed by atoms with Crippen LogP contribution >= 0.6 is 0 Å². The second-order valence-corrected chi connectivity index (χ2v) is 6.70. The first-order chi connectivity index (χ1) is 13.6. The number of pyridine rings is 1. The second kappa shape index (κ2) is 7.60. The summed E-state index contributed by atoms with van der Waals surface area (Å²) in [6.07, 6.45) is 0.317. The molecule has 5 nitrogen and oxygen atoms in total. The second-order valence-electron chi connectivity index (χ2n) is 6.70. The molecule has 0 unspecified atom stereocenters. The van der Waals surface area contributed by atoms with E-state index >= 15 is 0 Å². The molecule has 0 atom stereocenters. The van der Waals surface area contributed by atoms with Gasteiger partial charge in [-0.1, -0.05) is 42.5 Å². The summed E-state index contributed by atoms with van der Waals surface area (Å²) < 4.78 is 13.1. The summed E-state index contributed by atoms with van der Waals surface area (Å²) in [7, 11) is 1.96. The average Bonchev–Trinajstić information content (AvgIpc) is 2.70. The van der Waals surface area contributed by atoms with Crippen molar-refractivity contribution in [1.82, 2.24) is 15.0 Å². The molecule has 6 heteroatoms. The summed E-state index contributed by atoms with van der Waals surface area (Å²) in [6.45, 7) is 0.713. The van der Waals surface area contributed by atoms with Gasteiger partial charge in [0, 0.05) is 20.0 Å². The Morgan fingerprint density at radius 1 is 0.929 bits per heavy atom. The molecular formula is C22H19FN4O. The van der Waals surface area contributed by atoms with E-state index in [4.69, 9.17) is 0 Å². The monoisotopic (exact) mass is 374 g/mol. The molecule has 0 bridgehead atoms. The Bertz CT molecular complexity index is 1160. The number of fused-ring (bicyclic) bond motifs is 1. The highest BCUT2D eigenvalue weighted by Crippen LogP contribution is 2.16. The van der Waals surface area contributed by atoms with Crippen molar-refractivity contribution in [2.45, 2.75) is 13.0 Å². The molecule has 0 amide bonds. The number of nitrogens with zero attached hydrogens (tertiary/aromatic N) is 3. The molecule has 2 heterocycles. The van der Waals surface area contributed by atoms with Crippen LogP contribution in [0.5, 0.6) is 0 Å². The van der Waals surface area contributed by atoms with Gasteiger partial charge in [0.25, 0.3) is 5.56 Å². The Morgan fingerprint density at radius 2 is 1.68 bits per heavy atom. The van der Waals surface area contributed by atoms with Gasteiger partial charge >= 0.3 is 0 Å². The largest absolute Gasteiger partial charge is 0.355 e. The van der Waals surface area contributed by atoms with Gasteiger partial charge in [0.05, 0.1) is 5.52 Å². The van der Waals surface area contributed by atoms with Gasteiger partial charge in [-0.15, -0.1) is 0 Å². The van der Waals surface area contributed by atoms with Crippen molar-refractivity contribution in [3.8, 4) is 0 Å². The van der Waals surface area contributed by atoms with Crippen LogP contribution in [0, 0.1) is 5.82 Å². The number of halogens is 1. The summed E-state index contributed by atoms with van der Waals surface area (Å²) in [4.78, 5) is 26.3. The number of benzene rings is 2. The Hall–Kier alpha value is -3.54. The maximum Gasteiger partial charge on any atom is 0.270 e. The molecule has 28 heavy (non-hydrogen) atoms. The molecule has 2 aromatic heterocycles. The lowest BCUT2D eigenvalue weighted by Gasteiger charge is -2.18. The molecule has 0 saturated heterocycles. The lowest BCUT2D eigenvalue weighted by molar-refractivity contribution is 0.627. The molecular weight excluding hydrogens is 355 g/mol. The van der Waals surface area contributed by atoms with Crippen LogP contribution in [0.4, 0.5) is 10.2 Å². The third-order valence-electron chi connectivity index (χ3n) is 4.55. The summed E-state index contributed by atoms with van der Waals surface area (Å²) >= 11 is 0. The summed E-state index contributed by atoms with van der Waals surface area (Å²) in [6, 6.07) is 19.9. The van der Waals surface area contributed by atoms with Gasteiger partial charge in [-0.3, -0.25) is 4.79 Å². The van der Waals surface area contributed by atoms with Crippen LogP contribution in [0.15, 0.2) is 71.5 Å². The van der Waals surface area contributed by atoms with Crippen molar-refractivity contribution in [3.05, 3.63) is 99.7 Å². The zero-order chi connectivity index (χ0) is 19.5. The van der Waals surface area contributed by atoms with E-state index in [0.717, 1.165) is 11.4 Å². The highest BCUT2D eigenvalue weighted by atomic mass is 19.1. The normalized spacial score (nSPS) is 10.9. The highest BCUT2D eigenvalue weighted by Gasteiger charge is 2.10. The quantitative estimate of drug-likeness (QED) is 0.579. The van der Waals surface area contributed by atoms with Crippen LogP contribution in [0.3, 0.4) is 0 Å². The predicted octanol–water partition coefficient (Wildman–Crippen LogP) is 3.68. The molecule has 0 aliphatic rings. The van der Waals surface area contributed by atoms with Gasteiger partial charge in [-0.25, -0.2) is 14.4 Å². The van der Waals surface area contributed by atoms with Crippen molar-refractivity contribution < 1.29 is 4.39 Å². The molecule has 0 aliphatic carbocycles. The Balaban J connectivity index is 1.63. The lowest BCUT2D eigenvalue weighted by Crippen LogP contribution is -2.19. The van der Waals surface area contributed by atoms with Crippen LogP contribution in [0.25, 0.3) is 11.2 Å². The molecule has 0 aliphatic heterocycles. The van der Waals surface area contributed by atoms with Gasteiger partial charge in [0.15, 0.2) is 5.65 Å². The summed E-state index contributed by atoms with van der Waals surface area (Å²) in [5, 5.41) is 0. The van der Waals surface area contributed by atoms with E-state index in [-0.39, 0.29) is 11.4 Å². The van der Waals surface area contributed by atoms with E-state index in [9.17, 15) is 9.18 Å². The minimum absolute atomic E-state index is 0.260. The van der Waals surface area contributed by atoms with Crippen molar-refractivity contribution in [2.75, 3.05) is 11.9 Å². The Kier molecular flexibility index (Phi) is 4.85. The Morgan fingerprint density at radius 3 is 2.43 bits per heavy atom. The van der Waals surface area contributed by atoms with E-state index in [2.05, 4.69) is 27.1 Å². The molecule has 140 valence electrons. The van der Waals surface area contributed by atoms with Gasteiger partial charge in [-0.2, -0.15) is 0 Å². The average molecular weight is 374 g/mol. The summed E-state index contributed by atoms with van der Waals surface area (Å²) in [5.41, 5.74) is 3.16. The smallest absolute Gasteiger partial charge is 0.270 e. The minimum atomic E-state index is -0.308. The maximum atomic E-state index is 13.1. The molecule has 4 aromatic rings. The minimum Gasteiger partial charge on any atom is -0.355 e. The number of aromatic nitrogens is 3. The van der Waals surface area contributed by atoms with Gasteiger partial charge in [0.2, 0.25) is 0 Å². The van der Waals surface area contributed by atoms with E-state index in [1.165, 1.54) is 17.7 Å². The van der Waals surface area contributed by atoms with Gasteiger partial charge in [0.1, 0.15) is 17.3 Å².